The number of likely N-dealkylation sites (tertiary alicyclic amines) is 1. The van der Waals surface area contributed by atoms with Crippen molar-refractivity contribution < 1.29 is 9.18 Å². The molecule has 0 radical (unpaired) electrons. The fraction of sp³-hybridized carbons (Fsp3) is 0.667. The Balaban J connectivity index is 1.45. The van der Waals surface area contributed by atoms with E-state index in [1.807, 2.05) is 6.07 Å². The fourth-order valence-corrected chi connectivity index (χ4v) is 4.33. The molecular weight excluding hydrogens is 315 g/mol. The second-order valence-electron chi connectivity index (χ2n) is 7.64. The van der Waals surface area contributed by atoms with Gasteiger partial charge in [0.05, 0.1) is 0 Å². The number of piperidine rings is 1. The lowest BCUT2D eigenvalue weighted by molar-refractivity contribution is -0.122. The highest BCUT2D eigenvalue weighted by molar-refractivity contribution is 5.76. The van der Waals surface area contributed by atoms with E-state index in [0.29, 0.717) is 24.4 Å². The van der Waals surface area contributed by atoms with Crippen LogP contribution in [0.4, 0.5) is 4.39 Å². The molecule has 0 bridgehead atoms. The third kappa shape index (κ3) is 5.53. The van der Waals surface area contributed by atoms with Gasteiger partial charge in [0, 0.05) is 25.0 Å². The van der Waals surface area contributed by atoms with E-state index in [0.717, 1.165) is 19.4 Å². The van der Waals surface area contributed by atoms with Crippen molar-refractivity contribution in [2.75, 3.05) is 13.1 Å². The summed E-state index contributed by atoms with van der Waals surface area (Å²) in [6.45, 7) is 2.16. The zero-order valence-corrected chi connectivity index (χ0v) is 15.2. The zero-order valence-electron chi connectivity index (χ0n) is 15.2. The Morgan fingerprint density at radius 2 is 1.84 bits per heavy atom. The minimum Gasteiger partial charge on any atom is -0.352 e. The standard InChI is InChI=1S/C21H31FN2O/c22-20-12-6-5-8-17(20)13-14-21(25)23-18-9-7-15-24(16-18)19-10-3-1-2-4-11-19/h5-6,8,12,18-19H,1-4,7,9-11,13-16H2,(H,23,25)/t18-/m1/s1. The number of hydrogen-bond donors (Lipinski definition) is 1. The number of rotatable bonds is 5. The number of amides is 1. The molecule has 0 spiro atoms. The first-order valence-electron chi connectivity index (χ1n) is 9.99. The summed E-state index contributed by atoms with van der Waals surface area (Å²) >= 11 is 0. The van der Waals surface area contributed by atoms with E-state index in [1.165, 1.54) is 51.1 Å². The number of nitrogens with one attached hydrogen (secondary N) is 1. The predicted octanol–water partition coefficient (Wildman–Crippen LogP) is 4.06. The summed E-state index contributed by atoms with van der Waals surface area (Å²) in [6.07, 6.45) is 11.1. The smallest absolute Gasteiger partial charge is 0.220 e. The van der Waals surface area contributed by atoms with Gasteiger partial charge in [-0.3, -0.25) is 9.69 Å². The summed E-state index contributed by atoms with van der Waals surface area (Å²) in [4.78, 5) is 14.9. The lowest BCUT2D eigenvalue weighted by atomic mass is 9.99. The maximum atomic E-state index is 13.7. The van der Waals surface area contributed by atoms with Crippen molar-refractivity contribution in [1.29, 1.82) is 0 Å². The third-order valence-electron chi connectivity index (χ3n) is 5.74. The molecule has 1 saturated heterocycles. The van der Waals surface area contributed by atoms with Crippen molar-refractivity contribution in [3.05, 3.63) is 35.6 Å². The molecule has 1 amide bonds. The van der Waals surface area contributed by atoms with Gasteiger partial charge in [-0.2, -0.15) is 0 Å². The number of aryl methyl sites for hydroxylation is 1. The summed E-state index contributed by atoms with van der Waals surface area (Å²) < 4.78 is 13.7. The van der Waals surface area contributed by atoms with E-state index in [9.17, 15) is 9.18 Å². The van der Waals surface area contributed by atoms with Gasteiger partial charge in [-0.1, -0.05) is 43.9 Å². The van der Waals surface area contributed by atoms with Gasteiger partial charge in [0.15, 0.2) is 0 Å². The van der Waals surface area contributed by atoms with Gasteiger partial charge in [-0.25, -0.2) is 4.39 Å². The molecular formula is C21H31FN2O. The number of hydrogen-bond acceptors (Lipinski definition) is 2. The monoisotopic (exact) mass is 346 g/mol. The van der Waals surface area contributed by atoms with Crippen LogP contribution < -0.4 is 5.32 Å². The molecule has 138 valence electrons. The highest BCUT2D eigenvalue weighted by Crippen LogP contribution is 2.24. The molecule has 0 aromatic heterocycles. The Labute approximate surface area is 151 Å². The van der Waals surface area contributed by atoms with E-state index >= 15 is 0 Å². The normalized spacial score (nSPS) is 23.2. The quantitative estimate of drug-likeness (QED) is 0.816. The van der Waals surface area contributed by atoms with Crippen LogP contribution in [-0.2, 0) is 11.2 Å². The van der Waals surface area contributed by atoms with Crippen LogP contribution in [0.2, 0.25) is 0 Å². The Morgan fingerprint density at radius 1 is 1.08 bits per heavy atom. The SMILES string of the molecule is O=C(CCc1ccccc1F)N[C@@H]1CCCN(C2CCCCCC2)C1. The van der Waals surface area contributed by atoms with Crippen molar-refractivity contribution in [3.8, 4) is 0 Å². The van der Waals surface area contributed by atoms with Gasteiger partial charge in [0.2, 0.25) is 5.91 Å². The van der Waals surface area contributed by atoms with E-state index < -0.39 is 0 Å². The van der Waals surface area contributed by atoms with Crippen molar-refractivity contribution in [2.45, 2.75) is 76.3 Å². The molecule has 1 N–H and O–H groups in total. The van der Waals surface area contributed by atoms with E-state index in [1.54, 1.807) is 12.1 Å². The van der Waals surface area contributed by atoms with Gasteiger partial charge in [0.1, 0.15) is 5.82 Å². The van der Waals surface area contributed by atoms with Crippen LogP contribution in [0.5, 0.6) is 0 Å². The fourth-order valence-electron chi connectivity index (χ4n) is 4.33. The highest BCUT2D eigenvalue weighted by atomic mass is 19.1. The van der Waals surface area contributed by atoms with Crippen molar-refractivity contribution in [2.24, 2.45) is 0 Å². The first-order valence-corrected chi connectivity index (χ1v) is 9.99. The van der Waals surface area contributed by atoms with Crippen LogP contribution >= 0.6 is 0 Å². The molecule has 4 heteroatoms. The zero-order chi connectivity index (χ0) is 17.5. The predicted molar refractivity (Wildman–Crippen MR) is 98.9 cm³/mol. The minimum absolute atomic E-state index is 0.0518. The van der Waals surface area contributed by atoms with Crippen LogP contribution in [0.25, 0.3) is 0 Å². The van der Waals surface area contributed by atoms with Crippen molar-refractivity contribution in [1.82, 2.24) is 10.2 Å². The van der Waals surface area contributed by atoms with E-state index in [4.69, 9.17) is 0 Å². The van der Waals surface area contributed by atoms with Crippen LogP contribution in [0.15, 0.2) is 24.3 Å². The summed E-state index contributed by atoms with van der Waals surface area (Å²) in [6, 6.07) is 7.69. The largest absolute Gasteiger partial charge is 0.352 e. The molecule has 3 rings (SSSR count). The summed E-state index contributed by atoms with van der Waals surface area (Å²) in [7, 11) is 0. The average molecular weight is 346 g/mol. The Hall–Kier alpha value is -1.42. The van der Waals surface area contributed by atoms with Gasteiger partial charge in [0.25, 0.3) is 0 Å². The summed E-state index contributed by atoms with van der Waals surface area (Å²) in [5.74, 6) is -0.163. The Bertz CT molecular complexity index is 555. The number of carbonyl (C=O) groups is 1. The molecule has 1 aromatic rings. The van der Waals surface area contributed by atoms with Crippen LogP contribution in [0.1, 0.15) is 63.4 Å². The number of halogens is 1. The molecule has 2 aliphatic rings. The van der Waals surface area contributed by atoms with Crippen molar-refractivity contribution in [3.63, 3.8) is 0 Å². The summed E-state index contributed by atoms with van der Waals surface area (Å²) in [5.41, 5.74) is 0.626. The lowest BCUT2D eigenvalue weighted by Crippen LogP contribution is -2.50. The molecule has 0 unspecified atom stereocenters. The molecule has 25 heavy (non-hydrogen) atoms. The maximum absolute atomic E-state index is 13.7. The van der Waals surface area contributed by atoms with E-state index in [2.05, 4.69) is 10.2 Å². The van der Waals surface area contributed by atoms with Gasteiger partial charge in [-0.15, -0.1) is 0 Å². The molecule has 3 nitrogen and oxygen atoms in total. The number of carbonyl (C=O) groups excluding carboxylic acids is 1. The Kier molecular flexibility index (Phi) is 6.85. The van der Waals surface area contributed by atoms with Gasteiger partial charge in [-0.05, 0) is 50.3 Å². The second-order valence-corrected chi connectivity index (χ2v) is 7.64. The van der Waals surface area contributed by atoms with E-state index in [-0.39, 0.29) is 17.8 Å². The van der Waals surface area contributed by atoms with Gasteiger partial charge >= 0.3 is 0 Å². The third-order valence-corrected chi connectivity index (χ3v) is 5.74. The molecule has 1 heterocycles. The lowest BCUT2D eigenvalue weighted by Gasteiger charge is -2.38. The Morgan fingerprint density at radius 3 is 2.60 bits per heavy atom. The second kappa shape index (κ2) is 9.33. The highest BCUT2D eigenvalue weighted by Gasteiger charge is 2.27. The average Bonchev–Trinajstić information content (AvgIpc) is 2.91. The molecule has 1 saturated carbocycles. The van der Waals surface area contributed by atoms with Crippen molar-refractivity contribution >= 4 is 5.91 Å². The topological polar surface area (TPSA) is 32.3 Å². The molecule has 1 aromatic carbocycles. The minimum atomic E-state index is -0.215. The van der Waals surface area contributed by atoms with Crippen LogP contribution in [-0.4, -0.2) is 36.0 Å². The summed E-state index contributed by atoms with van der Waals surface area (Å²) in [5, 5.41) is 3.19. The molecule has 2 fully saturated rings. The number of nitrogens with zero attached hydrogens (tertiary/aromatic N) is 1. The molecule has 1 atom stereocenters. The molecule has 1 aliphatic carbocycles. The van der Waals surface area contributed by atoms with Crippen LogP contribution in [0.3, 0.4) is 0 Å². The molecule has 1 aliphatic heterocycles. The first-order chi connectivity index (χ1) is 12.2. The first kappa shape index (κ1) is 18.4. The van der Waals surface area contributed by atoms with Gasteiger partial charge < -0.3 is 5.32 Å². The maximum Gasteiger partial charge on any atom is 0.220 e. The number of benzene rings is 1. The van der Waals surface area contributed by atoms with Crippen LogP contribution in [0, 0.1) is 5.82 Å².